The van der Waals surface area contributed by atoms with Crippen molar-refractivity contribution in [2.24, 2.45) is 17.8 Å². The zero-order valence-corrected chi connectivity index (χ0v) is 9.05. The van der Waals surface area contributed by atoms with E-state index in [-0.39, 0.29) is 5.91 Å². The van der Waals surface area contributed by atoms with Crippen LogP contribution in [-0.2, 0) is 4.79 Å². The molecule has 2 nitrogen and oxygen atoms in total. The number of nitrogens with one attached hydrogen (secondary N) is 1. The number of hydrogen-bond acceptors (Lipinski definition) is 1. The van der Waals surface area contributed by atoms with Crippen LogP contribution in [-0.4, -0.2) is 11.9 Å². The minimum Gasteiger partial charge on any atom is -0.349 e. The van der Waals surface area contributed by atoms with E-state index >= 15 is 0 Å². The molecule has 0 spiro atoms. The Morgan fingerprint density at radius 2 is 2.00 bits per heavy atom. The van der Waals surface area contributed by atoms with Gasteiger partial charge in [0.05, 0.1) is 0 Å². The van der Waals surface area contributed by atoms with Crippen LogP contribution in [0.1, 0.15) is 33.1 Å². The van der Waals surface area contributed by atoms with Crippen molar-refractivity contribution < 1.29 is 4.79 Å². The first-order valence-electron chi connectivity index (χ1n) is 5.54. The van der Waals surface area contributed by atoms with Crippen LogP contribution in [0.3, 0.4) is 0 Å². The Kier molecular flexibility index (Phi) is 2.38. The van der Waals surface area contributed by atoms with Crippen molar-refractivity contribution in [3.8, 4) is 0 Å². The molecule has 0 aromatic carbocycles. The summed E-state index contributed by atoms with van der Waals surface area (Å²) < 4.78 is 0. The average molecular weight is 193 g/mol. The molecule has 78 valence electrons. The number of amides is 1. The van der Waals surface area contributed by atoms with Gasteiger partial charge in [0.2, 0.25) is 5.91 Å². The van der Waals surface area contributed by atoms with Crippen molar-refractivity contribution in [2.75, 3.05) is 0 Å². The number of carbonyl (C=O) groups excluding carboxylic acids is 1. The number of rotatable bonds is 2. The molecule has 2 fully saturated rings. The summed E-state index contributed by atoms with van der Waals surface area (Å²) in [6.45, 7) is 7.77. The summed E-state index contributed by atoms with van der Waals surface area (Å²) in [4.78, 5) is 11.4. The van der Waals surface area contributed by atoms with Gasteiger partial charge in [0, 0.05) is 11.6 Å². The minimum absolute atomic E-state index is 0.0372. The zero-order chi connectivity index (χ0) is 10.3. The molecule has 2 heteroatoms. The average Bonchev–Trinajstić information content (AvgIpc) is 2.62. The highest BCUT2D eigenvalue weighted by molar-refractivity contribution is 5.92. The molecular formula is C12H19NO. The van der Waals surface area contributed by atoms with E-state index < -0.39 is 0 Å². The van der Waals surface area contributed by atoms with Crippen LogP contribution in [0.4, 0.5) is 0 Å². The largest absolute Gasteiger partial charge is 0.349 e. The number of hydrogen-bond donors (Lipinski definition) is 1. The molecule has 2 saturated carbocycles. The van der Waals surface area contributed by atoms with E-state index in [9.17, 15) is 4.79 Å². The van der Waals surface area contributed by atoms with E-state index in [1.807, 2.05) is 0 Å². The first-order valence-corrected chi connectivity index (χ1v) is 5.54. The van der Waals surface area contributed by atoms with Gasteiger partial charge in [0.1, 0.15) is 0 Å². The second-order valence-electron chi connectivity index (χ2n) is 5.06. The Morgan fingerprint density at radius 1 is 1.29 bits per heavy atom. The van der Waals surface area contributed by atoms with E-state index in [1.165, 1.54) is 19.3 Å². The first-order chi connectivity index (χ1) is 6.58. The lowest BCUT2D eigenvalue weighted by Crippen LogP contribution is -2.39. The highest BCUT2D eigenvalue weighted by atomic mass is 16.1. The van der Waals surface area contributed by atoms with E-state index in [0.717, 1.165) is 17.8 Å². The van der Waals surface area contributed by atoms with Gasteiger partial charge in [-0.1, -0.05) is 13.5 Å². The highest BCUT2D eigenvalue weighted by Gasteiger charge is 2.44. The molecule has 4 unspecified atom stereocenters. The Hall–Kier alpha value is -0.790. The molecule has 0 saturated heterocycles. The molecule has 4 atom stereocenters. The summed E-state index contributed by atoms with van der Waals surface area (Å²) in [6, 6.07) is 0.431. The van der Waals surface area contributed by atoms with Crippen LogP contribution in [0.15, 0.2) is 12.2 Å². The van der Waals surface area contributed by atoms with Gasteiger partial charge in [-0.05, 0) is 43.9 Å². The lowest BCUT2D eigenvalue weighted by Gasteiger charge is -2.26. The van der Waals surface area contributed by atoms with Crippen molar-refractivity contribution in [2.45, 2.75) is 39.2 Å². The summed E-state index contributed by atoms with van der Waals surface area (Å²) in [5.74, 6) is 2.50. The fourth-order valence-electron chi connectivity index (χ4n) is 3.03. The molecule has 2 aliphatic rings. The van der Waals surface area contributed by atoms with Crippen LogP contribution in [0, 0.1) is 17.8 Å². The van der Waals surface area contributed by atoms with Crippen molar-refractivity contribution in [1.29, 1.82) is 0 Å². The fourth-order valence-corrected chi connectivity index (χ4v) is 3.03. The van der Waals surface area contributed by atoms with Gasteiger partial charge in [-0.15, -0.1) is 0 Å². The van der Waals surface area contributed by atoms with Crippen molar-refractivity contribution in [1.82, 2.24) is 5.32 Å². The molecule has 2 rings (SSSR count). The molecule has 14 heavy (non-hydrogen) atoms. The number of fused-ring (bicyclic) bond motifs is 2. The van der Waals surface area contributed by atoms with Crippen LogP contribution < -0.4 is 5.32 Å². The zero-order valence-electron chi connectivity index (χ0n) is 9.05. The summed E-state index contributed by atoms with van der Waals surface area (Å²) in [7, 11) is 0. The smallest absolute Gasteiger partial charge is 0.246 e. The van der Waals surface area contributed by atoms with Gasteiger partial charge in [-0.2, -0.15) is 0 Å². The molecule has 2 aliphatic carbocycles. The SMILES string of the molecule is C=C(C)C(=O)NC1CC2CC1CC2C. The number of carbonyl (C=O) groups is 1. The van der Waals surface area contributed by atoms with Crippen molar-refractivity contribution in [3.63, 3.8) is 0 Å². The maximum Gasteiger partial charge on any atom is 0.246 e. The quantitative estimate of drug-likeness (QED) is 0.669. The molecule has 1 amide bonds. The van der Waals surface area contributed by atoms with Crippen LogP contribution in [0.25, 0.3) is 0 Å². The Labute approximate surface area is 85.8 Å². The van der Waals surface area contributed by atoms with Gasteiger partial charge < -0.3 is 5.32 Å². The van der Waals surface area contributed by atoms with Crippen molar-refractivity contribution in [3.05, 3.63) is 12.2 Å². The predicted octanol–water partition coefficient (Wildman–Crippen LogP) is 2.11. The van der Waals surface area contributed by atoms with Crippen molar-refractivity contribution >= 4 is 5.91 Å². The molecule has 1 N–H and O–H groups in total. The van der Waals surface area contributed by atoms with Crippen LogP contribution in [0.2, 0.25) is 0 Å². The van der Waals surface area contributed by atoms with Crippen LogP contribution >= 0.6 is 0 Å². The van der Waals surface area contributed by atoms with Gasteiger partial charge in [-0.3, -0.25) is 4.79 Å². The normalized spacial score (nSPS) is 39.9. The Bertz CT molecular complexity index is 269. The predicted molar refractivity (Wildman–Crippen MR) is 56.7 cm³/mol. The minimum atomic E-state index is 0.0372. The molecular weight excluding hydrogens is 174 g/mol. The second-order valence-corrected chi connectivity index (χ2v) is 5.06. The first kappa shape index (κ1) is 9.75. The van der Waals surface area contributed by atoms with Crippen LogP contribution in [0.5, 0.6) is 0 Å². The third-order valence-electron chi connectivity index (χ3n) is 3.91. The molecule has 2 bridgehead atoms. The van der Waals surface area contributed by atoms with E-state index in [0.29, 0.717) is 11.6 Å². The van der Waals surface area contributed by atoms with Gasteiger partial charge in [0.25, 0.3) is 0 Å². The third-order valence-corrected chi connectivity index (χ3v) is 3.91. The standard InChI is InChI=1S/C12H19NO/c1-7(2)12(14)13-11-6-9-5-10(11)4-8(9)3/h8-11H,1,4-6H2,2-3H3,(H,13,14). The lowest BCUT2D eigenvalue weighted by molar-refractivity contribution is -0.118. The van der Waals surface area contributed by atoms with E-state index in [4.69, 9.17) is 0 Å². The van der Waals surface area contributed by atoms with Gasteiger partial charge >= 0.3 is 0 Å². The lowest BCUT2D eigenvalue weighted by atomic mass is 9.87. The summed E-state index contributed by atoms with van der Waals surface area (Å²) in [6.07, 6.45) is 3.80. The Balaban J connectivity index is 1.91. The molecule has 0 aromatic rings. The summed E-state index contributed by atoms with van der Waals surface area (Å²) in [5.41, 5.74) is 0.626. The molecule has 0 aliphatic heterocycles. The van der Waals surface area contributed by atoms with Gasteiger partial charge in [-0.25, -0.2) is 0 Å². The fraction of sp³-hybridized carbons (Fsp3) is 0.750. The van der Waals surface area contributed by atoms with Gasteiger partial charge in [0.15, 0.2) is 0 Å². The monoisotopic (exact) mass is 193 g/mol. The maximum absolute atomic E-state index is 11.4. The highest BCUT2D eigenvalue weighted by Crippen LogP contribution is 2.48. The van der Waals surface area contributed by atoms with E-state index in [2.05, 4.69) is 18.8 Å². The third kappa shape index (κ3) is 1.58. The molecule has 0 aromatic heterocycles. The summed E-state index contributed by atoms with van der Waals surface area (Å²) >= 11 is 0. The maximum atomic E-state index is 11.4. The summed E-state index contributed by atoms with van der Waals surface area (Å²) in [5, 5.41) is 3.09. The Morgan fingerprint density at radius 3 is 2.43 bits per heavy atom. The molecule has 0 heterocycles. The second kappa shape index (κ2) is 3.41. The van der Waals surface area contributed by atoms with E-state index in [1.54, 1.807) is 6.92 Å². The topological polar surface area (TPSA) is 29.1 Å². The molecule has 0 radical (unpaired) electrons.